The molecule has 0 N–H and O–H groups in total. The number of benzene rings is 2. The summed E-state index contributed by atoms with van der Waals surface area (Å²) in [5.74, 6) is -0.220. The van der Waals surface area contributed by atoms with E-state index >= 15 is 0 Å². The number of esters is 1. The van der Waals surface area contributed by atoms with Crippen molar-refractivity contribution in [1.82, 2.24) is 0 Å². The van der Waals surface area contributed by atoms with Crippen LogP contribution in [-0.2, 0) is 27.3 Å². The summed E-state index contributed by atoms with van der Waals surface area (Å²) in [7, 11) is 3.08. The van der Waals surface area contributed by atoms with Gasteiger partial charge in [-0.3, -0.25) is 4.79 Å². The smallest absolute Gasteiger partial charge is 0.309 e. The number of fused-ring (bicyclic) bond motifs is 1. The molecule has 0 atom stereocenters. The Bertz CT molecular complexity index is 561. The summed E-state index contributed by atoms with van der Waals surface area (Å²) in [6.07, 6.45) is 0.306. The van der Waals surface area contributed by atoms with Crippen molar-refractivity contribution in [3.63, 3.8) is 0 Å². The van der Waals surface area contributed by atoms with Crippen LogP contribution in [0.1, 0.15) is 11.1 Å². The second-order valence-corrected chi connectivity index (χ2v) is 4.20. The molecule has 0 fully saturated rings. The van der Waals surface area contributed by atoms with E-state index in [1.165, 1.54) is 7.11 Å². The highest BCUT2D eigenvalue weighted by Gasteiger charge is 2.04. The lowest BCUT2D eigenvalue weighted by Crippen LogP contribution is -2.04. The van der Waals surface area contributed by atoms with E-state index in [0.717, 1.165) is 21.9 Å². The average molecular weight is 244 g/mol. The van der Waals surface area contributed by atoms with Gasteiger partial charge in [-0.25, -0.2) is 0 Å². The summed E-state index contributed by atoms with van der Waals surface area (Å²) in [5.41, 5.74) is 2.09. The Morgan fingerprint density at radius 2 is 1.67 bits per heavy atom. The van der Waals surface area contributed by atoms with Gasteiger partial charge in [0.25, 0.3) is 0 Å². The molecule has 3 heteroatoms. The molecular weight excluding hydrogens is 228 g/mol. The van der Waals surface area contributed by atoms with Crippen molar-refractivity contribution in [2.24, 2.45) is 0 Å². The Morgan fingerprint density at radius 1 is 1.00 bits per heavy atom. The molecule has 2 aromatic rings. The van der Waals surface area contributed by atoms with E-state index in [2.05, 4.69) is 16.9 Å². The summed E-state index contributed by atoms with van der Waals surface area (Å²) >= 11 is 0. The predicted octanol–water partition coefficient (Wildman–Crippen LogP) is 2.70. The fourth-order valence-corrected chi connectivity index (χ4v) is 1.95. The van der Waals surface area contributed by atoms with Crippen molar-refractivity contribution in [2.75, 3.05) is 14.2 Å². The van der Waals surface area contributed by atoms with Gasteiger partial charge in [0.05, 0.1) is 20.1 Å². The monoisotopic (exact) mass is 244 g/mol. The number of methoxy groups -OCH3 is 2. The van der Waals surface area contributed by atoms with Gasteiger partial charge in [0.2, 0.25) is 0 Å². The van der Waals surface area contributed by atoms with Gasteiger partial charge in [-0.2, -0.15) is 0 Å². The van der Waals surface area contributed by atoms with Crippen LogP contribution in [-0.4, -0.2) is 20.2 Å². The van der Waals surface area contributed by atoms with Crippen LogP contribution in [0.15, 0.2) is 36.4 Å². The van der Waals surface area contributed by atoms with Crippen LogP contribution in [0.2, 0.25) is 0 Å². The van der Waals surface area contributed by atoms with Crippen LogP contribution in [0.5, 0.6) is 0 Å². The molecule has 0 spiro atoms. The molecule has 2 aromatic carbocycles. The van der Waals surface area contributed by atoms with E-state index in [1.807, 2.05) is 24.3 Å². The normalized spacial score (nSPS) is 10.6. The lowest BCUT2D eigenvalue weighted by Gasteiger charge is -2.05. The zero-order valence-electron chi connectivity index (χ0n) is 10.6. The largest absolute Gasteiger partial charge is 0.469 e. The lowest BCUT2D eigenvalue weighted by molar-refractivity contribution is -0.139. The maximum absolute atomic E-state index is 11.2. The molecule has 3 nitrogen and oxygen atoms in total. The molecule has 0 unspecified atom stereocenters. The molecule has 0 aliphatic heterocycles. The SMILES string of the molecule is COCc1ccc2ccc(CC(=O)OC)cc2c1. The molecule has 0 saturated carbocycles. The molecule has 0 saturated heterocycles. The van der Waals surface area contributed by atoms with Crippen LogP contribution >= 0.6 is 0 Å². The highest BCUT2D eigenvalue weighted by Crippen LogP contribution is 2.19. The molecule has 0 aliphatic rings. The first-order chi connectivity index (χ1) is 8.72. The van der Waals surface area contributed by atoms with Gasteiger partial charge >= 0.3 is 5.97 Å². The van der Waals surface area contributed by atoms with E-state index in [-0.39, 0.29) is 5.97 Å². The molecule has 0 heterocycles. The zero-order chi connectivity index (χ0) is 13.0. The maximum atomic E-state index is 11.2. The van der Waals surface area contributed by atoms with Crippen molar-refractivity contribution in [3.05, 3.63) is 47.5 Å². The molecule has 94 valence electrons. The van der Waals surface area contributed by atoms with Crippen molar-refractivity contribution >= 4 is 16.7 Å². The van der Waals surface area contributed by atoms with Crippen LogP contribution in [0.4, 0.5) is 0 Å². The molecular formula is C15H16O3. The van der Waals surface area contributed by atoms with Crippen molar-refractivity contribution < 1.29 is 14.3 Å². The summed E-state index contributed by atoms with van der Waals surface area (Å²) < 4.78 is 9.78. The fraction of sp³-hybridized carbons (Fsp3) is 0.267. The third kappa shape index (κ3) is 2.87. The van der Waals surface area contributed by atoms with E-state index < -0.39 is 0 Å². The summed E-state index contributed by atoms with van der Waals surface area (Å²) in [4.78, 5) is 11.2. The van der Waals surface area contributed by atoms with Crippen LogP contribution in [0.3, 0.4) is 0 Å². The third-order valence-electron chi connectivity index (χ3n) is 2.86. The Morgan fingerprint density at radius 3 is 2.33 bits per heavy atom. The molecule has 0 aliphatic carbocycles. The highest BCUT2D eigenvalue weighted by molar-refractivity contribution is 5.85. The fourth-order valence-electron chi connectivity index (χ4n) is 1.95. The van der Waals surface area contributed by atoms with E-state index in [4.69, 9.17) is 4.74 Å². The van der Waals surface area contributed by atoms with Crippen molar-refractivity contribution in [1.29, 1.82) is 0 Å². The number of hydrogen-bond donors (Lipinski definition) is 0. The van der Waals surface area contributed by atoms with Gasteiger partial charge in [-0.05, 0) is 28.0 Å². The number of hydrogen-bond acceptors (Lipinski definition) is 3. The number of carbonyl (C=O) groups is 1. The maximum Gasteiger partial charge on any atom is 0.309 e. The molecule has 18 heavy (non-hydrogen) atoms. The first-order valence-corrected chi connectivity index (χ1v) is 5.80. The molecule has 0 radical (unpaired) electrons. The first kappa shape index (κ1) is 12.6. The van der Waals surface area contributed by atoms with Crippen LogP contribution < -0.4 is 0 Å². The van der Waals surface area contributed by atoms with Crippen molar-refractivity contribution in [3.8, 4) is 0 Å². The van der Waals surface area contributed by atoms with Crippen LogP contribution in [0.25, 0.3) is 10.8 Å². The Labute approximate surface area is 106 Å². The molecule has 0 aromatic heterocycles. The summed E-state index contributed by atoms with van der Waals surface area (Å²) in [6, 6.07) is 12.2. The van der Waals surface area contributed by atoms with Gasteiger partial charge < -0.3 is 9.47 Å². The van der Waals surface area contributed by atoms with Gasteiger partial charge in [-0.1, -0.05) is 30.3 Å². The zero-order valence-corrected chi connectivity index (χ0v) is 10.6. The topological polar surface area (TPSA) is 35.5 Å². The van der Waals surface area contributed by atoms with Gasteiger partial charge in [0.15, 0.2) is 0 Å². The minimum atomic E-state index is -0.220. The summed E-state index contributed by atoms with van der Waals surface area (Å²) in [5, 5.41) is 2.27. The standard InChI is InChI=1S/C15H16O3/c1-17-10-12-4-6-13-5-3-11(7-14(13)8-12)9-15(16)18-2/h3-8H,9-10H2,1-2H3. The van der Waals surface area contributed by atoms with Crippen molar-refractivity contribution in [2.45, 2.75) is 13.0 Å². The van der Waals surface area contributed by atoms with Gasteiger partial charge in [0.1, 0.15) is 0 Å². The van der Waals surface area contributed by atoms with E-state index in [0.29, 0.717) is 13.0 Å². The minimum absolute atomic E-state index is 0.220. The minimum Gasteiger partial charge on any atom is -0.469 e. The number of carbonyl (C=O) groups excluding carboxylic acids is 1. The first-order valence-electron chi connectivity index (χ1n) is 5.80. The molecule has 2 rings (SSSR count). The Balaban J connectivity index is 2.32. The summed E-state index contributed by atoms with van der Waals surface area (Å²) in [6.45, 7) is 0.594. The third-order valence-corrected chi connectivity index (χ3v) is 2.86. The van der Waals surface area contributed by atoms with E-state index in [9.17, 15) is 4.79 Å². The number of ether oxygens (including phenoxy) is 2. The quantitative estimate of drug-likeness (QED) is 0.776. The van der Waals surface area contributed by atoms with Gasteiger partial charge in [0, 0.05) is 7.11 Å². The van der Waals surface area contributed by atoms with Gasteiger partial charge in [-0.15, -0.1) is 0 Å². The Kier molecular flexibility index (Phi) is 3.95. The second kappa shape index (κ2) is 5.65. The number of rotatable bonds is 4. The highest BCUT2D eigenvalue weighted by atomic mass is 16.5. The molecule has 0 bridgehead atoms. The van der Waals surface area contributed by atoms with E-state index in [1.54, 1.807) is 7.11 Å². The molecule has 0 amide bonds. The lowest BCUT2D eigenvalue weighted by atomic mass is 10.0. The van der Waals surface area contributed by atoms with Crippen LogP contribution in [0, 0.1) is 0 Å². The Hall–Kier alpha value is -1.87. The second-order valence-electron chi connectivity index (χ2n) is 4.20. The predicted molar refractivity (Wildman–Crippen MR) is 70.4 cm³/mol. The average Bonchev–Trinajstić information content (AvgIpc) is 2.38.